The minimum atomic E-state index is -0.400. The number of carbonyl (C=O) groups is 1. The summed E-state index contributed by atoms with van der Waals surface area (Å²) in [6.45, 7) is 7.18. The summed E-state index contributed by atoms with van der Waals surface area (Å²) in [6, 6.07) is 0.150. The van der Waals surface area contributed by atoms with E-state index in [0.717, 1.165) is 25.9 Å². The molecule has 1 saturated heterocycles. The zero-order chi connectivity index (χ0) is 12.2. The van der Waals surface area contributed by atoms with Crippen molar-refractivity contribution in [3.05, 3.63) is 0 Å². The highest BCUT2D eigenvalue weighted by Crippen LogP contribution is 2.26. The molecule has 5 heteroatoms. The van der Waals surface area contributed by atoms with E-state index in [4.69, 9.17) is 10.5 Å². The molecule has 2 unspecified atom stereocenters. The minimum Gasteiger partial charge on any atom is -0.376 e. The maximum absolute atomic E-state index is 12.2. The van der Waals surface area contributed by atoms with Gasteiger partial charge in [0.15, 0.2) is 0 Å². The third-order valence-electron chi connectivity index (χ3n) is 3.92. The van der Waals surface area contributed by atoms with Gasteiger partial charge in [-0.15, -0.1) is 12.4 Å². The summed E-state index contributed by atoms with van der Waals surface area (Å²) in [5.41, 5.74) is 5.35. The van der Waals surface area contributed by atoms with Gasteiger partial charge < -0.3 is 15.8 Å². The first-order chi connectivity index (χ1) is 7.59. The molecule has 1 heterocycles. The fourth-order valence-corrected chi connectivity index (χ4v) is 2.20. The number of amides is 1. The van der Waals surface area contributed by atoms with Crippen LogP contribution in [-0.4, -0.2) is 31.2 Å². The second-order valence-electron chi connectivity index (χ2n) is 4.64. The Morgan fingerprint density at radius 2 is 2.06 bits per heavy atom. The standard InChI is InChI=1S/C12H24N2O2.ClH/c1-4-12(5-2,8-13)11(15)14-10-6-7-16-9(10)3;/h9-10H,4-8,13H2,1-3H3,(H,14,15);1H. The van der Waals surface area contributed by atoms with Crippen molar-refractivity contribution >= 4 is 18.3 Å². The van der Waals surface area contributed by atoms with Crippen LogP contribution in [0.15, 0.2) is 0 Å². The van der Waals surface area contributed by atoms with Crippen LogP contribution in [0.2, 0.25) is 0 Å². The number of carbonyl (C=O) groups excluding carboxylic acids is 1. The molecule has 0 aromatic rings. The molecule has 0 aliphatic carbocycles. The molecular weight excluding hydrogens is 240 g/mol. The van der Waals surface area contributed by atoms with Crippen LogP contribution >= 0.6 is 12.4 Å². The molecule has 0 spiro atoms. The first-order valence-electron chi connectivity index (χ1n) is 6.22. The fraction of sp³-hybridized carbons (Fsp3) is 0.917. The second-order valence-corrected chi connectivity index (χ2v) is 4.64. The van der Waals surface area contributed by atoms with E-state index in [9.17, 15) is 4.79 Å². The van der Waals surface area contributed by atoms with Gasteiger partial charge in [-0.3, -0.25) is 4.79 Å². The number of rotatable bonds is 5. The van der Waals surface area contributed by atoms with E-state index < -0.39 is 5.41 Å². The van der Waals surface area contributed by atoms with Crippen molar-refractivity contribution in [1.29, 1.82) is 0 Å². The van der Waals surface area contributed by atoms with Gasteiger partial charge in [0.2, 0.25) is 5.91 Å². The van der Waals surface area contributed by atoms with Gasteiger partial charge in [0.05, 0.1) is 17.6 Å². The van der Waals surface area contributed by atoms with Gasteiger partial charge in [0.25, 0.3) is 0 Å². The molecule has 0 aromatic carbocycles. The van der Waals surface area contributed by atoms with E-state index in [1.165, 1.54) is 0 Å². The van der Waals surface area contributed by atoms with Gasteiger partial charge in [-0.05, 0) is 26.2 Å². The normalized spacial score (nSPS) is 24.2. The number of ether oxygens (including phenoxy) is 1. The van der Waals surface area contributed by atoms with E-state index in [2.05, 4.69) is 5.32 Å². The summed E-state index contributed by atoms with van der Waals surface area (Å²) >= 11 is 0. The van der Waals surface area contributed by atoms with Crippen molar-refractivity contribution in [2.45, 2.75) is 52.2 Å². The molecule has 102 valence electrons. The second kappa shape index (κ2) is 7.19. The van der Waals surface area contributed by atoms with Gasteiger partial charge in [0.1, 0.15) is 0 Å². The van der Waals surface area contributed by atoms with Crippen LogP contribution < -0.4 is 11.1 Å². The molecule has 4 nitrogen and oxygen atoms in total. The van der Waals surface area contributed by atoms with Gasteiger partial charge in [-0.2, -0.15) is 0 Å². The molecule has 3 N–H and O–H groups in total. The number of nitrogens with two attached hydrogens (primary N) is 1. The lowest BCUT2D eigenvalue weighted by atomic mass is 9.81. The van der Waals surface area contributed by atoms with E-state index >= 15 is 0 Å². The van der Waals surface area contributed by atoms with Crippen molar-refractivity contribution in [3.63, 3.8) is 0 Å². The highest BCUT2D eigenvalue weighted by molar-refractivity contribution is 5.85. The topological polar surface area (TPSA) is 64.4 Å². The lowest BCUT2D eigenvalue weighted by Crippen LogP contribution is -2.50. The average Bonchev–Trinajstić information content (AvgIpc) is 2.68. The SMILES string of the molecule is CCC(CC)(CN)C(=O)NC1CCOC1C.Cl. The highest BCUT2D eigenvalue weighted by atomic mass is 35.5. The molecule has 1 aliphatic rings. The molecule has 0 aromatic heterocycles. The zero-order valence-corrected chi connectivity index (χ0v) is 11.8. The lowest BCUT2D eigenvalue weighted by molar-refractivity contribution is -0.132. The first kappa shape index (κ1) is 16.7. The Balaban J connectivity index is 0.00000256. The predicted molar refractivity (Wildman–Crippen MR) is 71.3 cm³/mol. The number of nitrogens with one attached hydrogen (secondary N) is 1. The Hall–Kier alpha value is -0.320. The van der Waals surface area contributed by atoms with Gasteiger partial charge in [-0.1, -0.05) is 13.8 Å². The number of hydrogen-bond acceptors (Lipinski definition) is 3. The highest BCUT2D eigenvalue weighted by Gasteiger charge is 2.36. The van der Waals surface area contributed by atoms with Crippen molar-refractivity contribution in [3.8, 4) is 0 Å². The summed E-state index contributed by atoms with van der Waals surface area (Å²) in [7, 11) is 0. The Bertz CT molecular complexity index is 236. The fourth-order valence-electron chi connectivity index (χ4n) is 2.20. The summed E-state index contributed by atoms with van der Waals surface area (Å²) in [6.07, 6.45) is 2.59. The van der Waals surface area contributed by atoms with Crippen LogP contribution in [0.1, 0.15) is 40.0 Å². The molecule has 0 saturated carbocycles. The van der Waals surface area contributed by atoms with Gasteiger partial charge >= 0.3 is 0 Å². The molecule has 1 aliphatic heterocycles. The molecular formula is C12H25ClN2O2. The van der Waals surface area contributed by atoms with Crippen LogP contribution in [0, 0.1) is 5.41 Å². The van der Waals surface area contributed by atoms with Crippen LogP contribution in [0.3, 0.4) is 0 Å². The summed E-state index contributed by atoms with van der Waals surface area (Å²) in [4.78, 5) is 12.2. The monoisotopic (exact) mass is 264 g/mol. The van der Waals surface area contributed by atoms with Crippen molar-refractivity contribution in [1.82, 2.24) is 5.32 Å². The molecule has 0 bridgehead atoms. The molecule has 1 fully saturated rings. The van der Waals surface area contributed by atoms with E-state index in [1.807, 2.05) is 20.8 Å². The van der Waals surface area contributed by atoms with E-state index in [-0.39, 0.29) is 30.5 Å². The van der Waals surface area contributed by atoms with Crippen LogP contribution in [0.5, 0.6) is 0 Å². The number of halogens is 1. The van der Waals surface area contributed by atoms with Crippen LogP contribution in [0.25, 0.3) is 0 Å². The molecule has 2 atom stereocenters. The Morgan fingerprint density at radius 3 is 2.41 bits per heavy atom. The average molecular weight is 265 g/mol. The molecule has 0 radical (unpaired) electrons. The summed E-state index contributed by atoms with van der Waals surface area (Å²) in [5.74, 6) is 0.0855. The Kier molecular flexibility index (Phi) is 7.05. The summed E-state index contributed by atoms with van der Waals surface area (Å²) in [5, 5.41) is 3.08. The Labute approximate surface area is 110 Å². The quantitative estimate of drug-likeness (QED) is 0.790. The van der Waals surface area contributed by atoms with Gasteiger partial charge in [-0.25, -0.2) is 0 Å². The molecule has 1 amide bonds. The number of hydrogen-bond donors (Lipinski definition) is 2. The third kappa shape index (κ3) is 3.57. The zero-order valence-electron chi connectivity index (χ0n) is 11.0. The van der Waals surface area contributed by atoms with Crippen LogP contribution in [0.4, 0.5) is 0 Å². The lowest BCUT2D eigenvalue weighted by Gasteiger charge is -2.30. The van der Waals surface area contributed by atoms with Crippen molar-refractivity contribution in [2.24, 2.45) is 11.1 Å². The van der Waals surface area contributed by atoms with E-state index in [0.29, 0.717) is 6.54 Å². The summed E-state index contributed by atoms with van der Waals surface area (Å²) < 4.78 is 5.43. The van der Waals surface area contributed by atoms with Crippen LogP contribution in [-0.2, 0) is 9.53 Å². The third-order valence-corrected chi connectivity index (χ3v) is 3.92. The van der Waals surface area contributed by atoms with E-state index in [1.54, 1.807) is 0 Å². The molecule has 1 rings (SSSR count). The largest absolute Gasteiger partial charge is 0.376 e. The molecule has 17 heavy (non-hydrogen) atoms. The first-order valence-corrected chi connectivity index (χ1v) is 6.22. The Morgan fingerprint density at radius 1 is 1.47 bits per heavy atom. The van der Waals surface area contributed by atoms with Crippen molar-refractivity contribution < 1.29 is 9.53 Å². The minimum absolute atomic E-state index is 0. The maximum atomic E-state index is 12.2. The maximum Gasteiger partial charge on any atom is 0.227 e. The van der Waals surface area contributed by atoms with Gasteiger partial charge in [0, 0.05) is 13.2 Å². The van der Waals surface area contributed by atoms with Crippen molar-refractivity contribution in [2.75, 3.05) is 13.2 Å². The predicted octanol–water partition coefficient (Wildman–Crippen LogP) is 1.47. The smallest absolute Gasteiger partial charge is 0.227 e.